The zero-order valence-corrected chi connectivity index (χ0v) is 10.7. The molecule has 0 amide bonds. The van der Waals surface area contributed by atoms with E-state index < -0.39 is 0 Å². The van der Waals surface area contributed by atoms with Gasteiger partial charge < -0.3 is 10.8 Å². The second kappa shape index (κ2) is 4.86. The van der Waals surface area contributed by atoms with Crippen molar-refractivity contribution < 1.29 is 5.11 Å². The first kappa shape index (κ1) is 12.1. The Morgan fingerprint density at radius 1 is 1.56 bits per heavy atom. The van der Waals surface area contributed by atoms with Crippen molar-refractivity contribution >= 4 is 11.3 Å². The van der Waals surface area contributed by atoms with Crippen LogP contribution in [0.25, 0.3) is 0 Å². The smallest absolute Gasteiger partial charge is 0.0866 e. The standard InChI is InChI=1S/C13H21NOS/c1-10-2-5-13(9-14,6-3-10)12(15)11-4-7-16-8-11/h4,7-8,10,12,15H,2-3,5-6,9,14H2,1H3. The molecule has 1 heterocycles. The van der Waals surface area contributed by atoms with Crippen molar-refractivity contribution in [1.82, 2.24) is 0 Å². The second-order valence-corrected chi connectivity index (χ2v) is 5.99. The molecule has 0 aromatic carbocycles. The average molecular weight is 239 g/mol. The minimum absolute atomic E-state index is 0.0758. The van der Waals surface area contributed by atoms with Gasteiger partial charge in [0.1, 0.15) is 0 Å². The maximum absolute atomic E-state index is 10.5. The topological polar surface area (TPSA) is 46.2 Å². The van der Waals surface area contributed by atoms with Crippen LogP contribution in [0.3, 0.4) is 0 Å². The molecule has 0 radical (unpaired) electrons. The molecule has 0 aliphatic heterocycles. The molecule has 16 heavy (non-hydrogen) atoms. The Kier molecular flexibility index (Phi) is 3.67. The fourth-order valence-corrected chi connectivity index (χ4v) is 3.39. The van der Waals surface area contributed by atoms with Gasteiger partial charge in [0.15, 0.2) is 0 Å². The van der Waals surface area contributed by atoms with E-state index in [9.17, 15) is 5.11 Å². The Morgan fingerprint density at radius 2 is 2.25 bits per heavy atom. The molecule has 1 aromatic rings. The summed E-state index contributed by atoms with van der Waals surface area (Å²) in [6.45, 7) is 2.88. The molecule has 0 saturated heterocycles. The molecule has 0 bridgehead atoms. The minimum Gasteiger partial charge on any atom is -0.388 e. The van der Waals surface area contributed by atoms with Gasteiger partial charge in [0.05, 0.1) is 6.10 Å². The highest BCUT2D eigenvalue weighted by Gasteiger charge is 2.40. The van der Waals surface area contributed by atoms with Crippen LogP contribution < -0.4 is 5.73 Å². The van der Waals surface area contributed by atoms with Gasteiger partial charge in [0.25, 0.3) is 0 Å². The number of hydrogen-bond acceptors (Lipinski definition) is 3. The number of thiophene rings is 1. The summed E-state index contributed by atoms with van der Waals surface area (Å²) in [4.78, 5) is 0. The molecule has 0 spiro atoms. The number of hydrogen-bond donors (Lipinski definition) is 2. The van der Waals surface area contributed by atoms with Crippen molar-refractivity contribution in [2.24, 2.45) is 17.1 Å². The van der Waals surface area contributed by atoms with Gasteiger partial charge in [0, 0.05) is 12.0 Å². The van der Waals surface area contributed by atoms with Crippen LogP contribution in [0.5, 0.6) is 0 Å². The van der Waals surface area contributed by atoms with Gasteiger partial charge >= 0.3 is 0 Å². The van der Waals surface area contributed by atoms with Gasteiger partial charge in [0.2, 0.25) is 0 Å². The predicted octanol–water partition coefficient (Wildman–Crippen LogP) is 2.94. The van der Waals surface area contributed by atoms with Gasteiger partial charge in [-0.05, 0) is 41.1 Å². The van der Waals surface area contributed by atoms with Crippen LogP contribution >= 0.6 is 11.3 Å². The highest BCUT2D eigenvalue weighted by atomic mass is 32.1. The van der Waals surface area contributed by atoms with E-state index in [1.54, 1.807) is 11.3 Å². The summed E-state index contributed by atoms with van der Waals surface area (Å²) in [7, 11) is 0. The van der Waals surface area contributed by atoms with E-state index >= 15 is 0 Å². The van der Waals surface area contributed by atoms with Crippen molar-refractivity contribution in [3.8, 4) is 0 Å². The molecule has 2 rings (SSSR count). The Labute approximate surface area is 101 Å². The quantitative estimate of drug-likeness (QED) is 0.852. The number of rotatable bonds is 3. The van der Waals surface area contributed by atoms with E-state index in [2.05, 4.69) is 6.92 Å². The molecule has 3 heteroatoms. The third-order valence-electron chi connectivity index (χ3n) is 4.12. The lowest BCUT2D eigenvalue weighted by atomic mass is 9.66. The van der Waals surface area contributed by atoms with Gasteiger partial charge in [-0.15, -0.1) is 0 Å². The second-order valence-electron chi connectivity index (χ2n) is 5.21. The summed E-state index contributed by atoms with van der Waals surface area (Å²) in [5.41, 5.74) is 6.90. The van der Waals surface area contributed by atoms with Crippen molar-refractivity contribution in [2.75, 3.05) is 6.54 Å². The molecule has 1 saturated carbocycles. The molecule has 90 valence electrons. The Balaban J connectivity index is 2.15. The normalized spacial score (nSPS) is 32.6. The van der Waals surface area contributed by atoms with E-state index in [0.29, 0.717) is 6.54 Å². The van der Waals surface area contributed by atoms with Crippen molar-refractivity contribution in [3.63, 3.8) is 0 Å². The summed E-state index contributed by atoms with van der Waals surface area (Å²) < 4.78 is 0. The zero-order valence-electron chi connectivity index (χ0n) is 9.86. The van der Waals surface area contributed by atoms with Gasteiger partial charge in [-0.1, -0.05) is 19.8 Å². The first-order chi connectivity index (χ1) is 7.68. The summed E-state index contributed by atoms with van der Waals surface area (Å²) in [5.74, 6) is 0.786. The average Bonchev–Trinajstić information content (AvgIpc) is 2.83. The first-order valence-corrected chi connectivity index (χ1v) is 7.02. The maximum Gasteiger partial charge on any atom is 0.0866 e. The van der Waals surface area contributed by atoms with E-state index in [1.165, 1.54) is 12.8 Å². The molecule has 3 N–H and O–H groups in total. The Morgan fingerprint density at radius 3 is 2.75 bits per heavy atom. The molecular formula is C13H21NOS. The Bertz CT molecular complexity index is 315. The van der Waals surface area contributed by atoms with Gasteiger partial charge in [-0.3, -0.25) is 0 Å². The van der Waals surface area contributed by atoms with Crippen LogP contribution in [0.1, 0.15) is 44.3 Å². The largest absolute Gasteiger partial charge is 0.388 e. The summed E-state index contributed by atoms with van der Waals surface area (Å²) >= 11 is 1.64. The number of aliphatic hydroxyl groups excluding tert-OH is 1. The predicted molar refractivity (Wildman–Crippen MR) is 68.4 cm³/mol. The molecule has 1 aliphatic carbocycles. The third kappa shape index (κ3) is 2.17. The summed E-state index contributed by atoms with van der Waals surface area (Å²) in [5, 5.41) is 14.6. The van der Waals surface area contributed by atoms with Crippen LogP contribution in [0, 0.1) is 11.3 Å². The fraction of sp³-hybridized carbons (Fsp3) is 0.692. The minimum atomic E-state index is -0.378. The van der Waals surface area contributed by atoms with Gasteiger partial charge in [-0.2, -0.15) is 11.3 Å². The molecule has 2 nitrogen and oxygen atoms in total. The first-order valence-electron chi connectivity index (χ1n) is 6.08. The van der Waals surface area contributed by atoms with Crippen LogP contribution in [0.15, 0.2) is 16.8 Å². The SMILES string of the molecule is CC1CCC(CN)(C(O)c2ccsc2)CC1. The van der Waals surface area contributed by atoms with Crippen molar-refractivity contribution in [2.45, 2.75) is 38.7 Å². The molecular weight excluding hydrogens is 218 g/mol. The lowest BCUT2D eigenvalue weighted by molar-refractivity contribution is -0.00792. The van der Waals surface area contributed by atoms with E-state index in [-0.39, 0.29) is 11.5 Å². The monoisotopic (exact) mass is 239 g/mol. The van der Waals surface area contributed by atoms with Gasteiger partial charge in [-0.25, -0.2) is 0 Å². The maximum atomic E-state index is 10.5. The lowest BCUT2D eigenvalue weighted by Gasteiger charge is -2.42. The number of nitrogens with two attached hydrogens (primary N) is 1. The molecule has 1 aliphatic rings. The lowest BCUT2D eigenvalue weighted by Crippen LogP contribution is -2.39. The van der Waals surface area contributed by atoms with Crippen molar-refractivity contribution in [1.29, 1.82) is 0 Å². The fourth-order valence-electron chi connectivity index (χ4n) is 2.71. The van der Waals surface area contributed by atoms with E-state index in [4.69, 9.17) is 5.73 Å². The van der Waals surface area contributed by atoms with Crippen LogP contribution in [-0.4, -0.2) is 11.7 Å². The van der Waals surface area contributed by atoms with Crippen LogP contribution in [0.2, 0.25) is 0 Å². The zero-order chi connectivity index (χ0) is 11.6. The molecule has 1 unspecified atom stereocenters. The highest BCUT2D eigenvalue weighted by Crippen LogP contribution is 2.47. The molecule has 1 atom stereocenters. The van der Waals surface area contributed by atoms with Crippen molar-refractivity contribution in [3.05, 3.63) is 22.4 Å². The number of aliphatic hydroxyl groups is 1. The molecule has 1 fully saturated rings. The van der Waals surface area contributed by atoms with E-state index in [1.807, 2.05) is 16.8 Å². The molecule has 1 aromatic heterocycles. The van der Waals surface area contributed by atoms with Crippen LogP contribution in [-0.2, 0) is 0 Å². The van der Waals surface area contributed by atoms with E-state index in [0.717, 1.165) is 24.3 Å². The third-order valence-corrected chi connectivity index (χ3v) is 4.82. The highest BCUT2D eigenvalue weighted by molar-refractivity contribution is 7.07. The Hall–Kier alpha value is -0.380. The summed E-state index contributed by atoms with van der Waals surface area (Å²) in [6.07, 6.45) is 4.12. The summed E-state index contributed by atoms with van der Waals surface area (Å²) in [6, 6.07) is 2.02. The van der Waals surface area contributed by atoms with Crippen LogP contribution in [0.4, 0.5) is 0 Å².